The number of rotatable bonds is 3. The lowest BCUT2D eigenvalue weighted by Gasteiger charge is -2.16. The molecule has 114 valence electrons. The van der Waals surface area contributed by atoms with Gasteiger partial charge in [0, 0.05) is 30.6 Å². The third-order valence-corrected chi connectivity index (χ3v) is 3.11. The molecule has 1 aromatic heterocycles. The average Bonchev–Trinajstić information content (AvgIpc) is 2.77. The topological polar surface area (TPSA) is 93.6 Å². The summed E-state index contributed by atoms with van der Waals surface area (Å²) < 4.78 is 6.21. The van der Waals surface area contributed by atoms with Gasteiger partial charge in [-0.05, 0) is 13.8 Å². The molecule has 0 spiro atoms. The molecule has 0 aromatic carbocycles. The Balaban J connectivity index is 2.40. The first-order valence-corrected chi connectivity index (χ1v) is 6.49. The van der Waals surface area contributed by atoms with Crippen LogP contribution in [0.2, 0.25) is 0 Å². The van der Waals surface area contributed by atoms with Crippen molar-refractivity contribution in [2.75, 3.05) is 20.3 Å². The smallest absolute Gasteiger partial charge is 0.332 e. The number of hydroxylamine groups is 2. The monoisotopic (exact) mass is 295 g/mol. The van der Waals surface area contributed by atoms with Gasteiger partial charge in [0.1, 0.15) is 0 Å². The van der Waals surface area contributed by atoms with Crippen LogP contribution in [-0.4, -0.2) is 46.9 Å². The molecule has 1 N–H and O–H groups in total. The Kier molecular flexibility index (Phi) is 4.39. The van der Waals surface area contributed by atoms with Gasteiger partial charge in [0.05, 0.1) is 13.2 Å². The summed E-state index contributed by atoms with van der Waals surface area (Å²) in [6.45, 7) is 3.74. The maximum atomic E-state index is 11.9. The van der Waals surface area contributed by atoms with Gasteiger partial charge in [-0.1, -0.05) is 0 Å². The third kappa shape index (κ3) is 3.11. The zero-order valence-electron chi connectivity index (χ0n) is 12.1. The summed E-state index contributed by atoms with van der Waals surface area (Å²) in [5.74, 6) is -0.446. The Hall–Kier alpha value is -2.19. The van der Waals surface area contributed by atoms with E-state index in [1.54, 1.807) is 20.9 Å². The Bertz CT molecular complexity index is 688. The highest BCUT2D eigenvalue weighted by Crippen LogP contribution is 2.20. The fourth-order valence-electron chi connectivity index (χ4n) is 2.05. The van der Waals surface area contributed by atoms with E-state index in [-0.39, 0.29) is 13.2 Å². The summed E-state index contributed by atoms with van der Waals surface area (Å²) in [6, 6.07) is -0.705. The van der Waals surface area contributed by atoms with Crippen molar-refractivity contribution in [1.29, 1.82) is 0 Å². The first-order chi connectivity index (χ1) is 9.93. The molecule has 1 saturated heterocycles. The third-order valence-electron chi connectivity index (χ3n) is 3.11. The number of hydrogen-bond donors (Lipinski definition) is 1. The molecule has 8 heteroatoms. The normalized spacial score (nSPS) is 20.9. The van der Waals surface area contributed by atoms with Crippen LogP contribution in [0.25, 0.3) is 6.20 Å². The predicted octanol–water partition coefficient (Wildman–Crippen LogP) is -0.505. The van der Waals surface area contributed by atoms with Crippen molar-refractivity contribution in [3.63, 3.8) is 0 Å². The van der Waals surface area contributed by atoms with Crippen LogP contribution in [0.5, 0.6) is 0 Å². The summed E-state index contributed by atoms with van der Waals surface area (Å²) in [5, 5.41) is 1.38. The first-order valence-electron chi connectivity index (χ1n) is 6.49. The van der Waals surface area contributed by atoms with Gasteiger partial charge in [-0.2, -0.15) is 5.06 Å². The van der Waals surface area contributed by atoms with Crippen molar-refractivity contribution < 1.29 is 14.4 Å². The van der Waals surface area contributed by atoms with E-state index in [4.69, 9.17) is 9.57 Å². The van der Waals surface area contributed by atoms with Gasteiger partial charge < -0.3 is 4.74 Å². The highest BCUT2D eigenvalue weighted by atomic mass is 16.7. The van der Waals surface area contributed by atoms with Crippen LogP contribution < -0.4 is 11.2 Å². The van der Waals surface area contributed by atoms with Gasteiger partial charge in [-0.15, -0.1) is 0 Å². The molecule has 0 radical (unpaired) electrons. The molecule has 0 amide bonds. The number of aromatic nitrogens is 2. The summed E-state index contributed by atoms with van der Waals surface area (Å²) in [5.41, 5.74) is -0.0393. The molecule has 1 unspecified atom stereocenters. The minimum Gasteiger partial charge on any atom is -0.465 e. The molecule has 1 aliphatic heterocycles. The number of esters is 1. The van der Waals surface area contributed by atoms with E-state index in [1.807, 2.05) is 0 Å². The predicted molar refractivity (Wildman–Crippen MR) is 74.5 cm³/mol. The number of carbonyl (C=O) groups is 1. The van der Waals surface area contributed by atoms with E-state index in [9.17, 15) is 14.4 Å². The van der Waals surface area contributed by atoms with Gasteiger partial charge in [-0.3, -0.25) is 19.2 Å². The summed E-state index contributed by atoms with van der Waals surface area (Å²) in [6.07, 6.45) is 2.89. The molecule has 1 aliphatic rings. The van der Waals surface area contributed by atoms with Gasteiger partial charge in [0.2, 0.25) is 0 Å². The number of carbonyl (C=O) groups excluding carboxylic acids is 1. The molecule has 2 rings (SSSR count). The molecule has 1 fully saturated rings. The summed E-state index contributed by atoms with van der Waals surface area (Å²) in [4.78, 5) is 42.5. The SMILES string of the molecule is CCOC(=O)C1/C(=C/n2cc(C)c(=O)[nH]c2=O)CON1C. The molecule has 1 atom stereocenters. The van der Waals surface area contributed by atoms with E-state index < -0.39 is 23.3 Å². The van der Waals surface area contributed by atoms with Crippen LogP contribution in [0.15, 0.2) is 21.4 Å². The van der Waals surface area contributed by atoms with Crippen LogP contribution >= 0.6 is 0 Å². The largest absolute Gasteiger partial charge is 0.465 e. The summed E-state index contributed by atoms with van der Waals surface area (Å²) in [7, 11) is 1.61. The maximum Gasteiger partial charge on any atom is 0.332 e. The zero-order chi connectivity index (χ0) is 15.6. The van der Waals surface area contributed by atoms with Crippen LogP contribution in [0.1, 0.15) is 12.5 Å². The second-order valence-electron chi connectivity index (χ2n) is 4.66. The number of nitrogens with zero attached hydrogens (tertiary/aromatic N) is 2. The van der Waals surface area contributed by atoms with Crippen molar-refractivity contribution in [1.82, 2.24) is 14.6 Å². The van der Waals surface area contributed by atoms with E-state index in [0.29, 0.717) is 11.1 Å². The number of H-pyrrole nitrogens is 1. The van der Waals surface area contributed by atoms with Crippen LogP contribution in [0.4, 0.5) is 0 Å². The van der Waals surface area contributed by atoms with E-state index in [0.717, 1.165) is 0 Å². The fraction of sp³-hybridized carbons (Fsp3) is 0.462. The lowest BCUT2D eigenvalue weighted by Crippen LogP contribution is -2.35. The molecule has 2 heterocycles. The molecule has 1 aromatic rings. The van der Waals surface area contributed by atoms with E-state index in [2.05, 4.69) is 4.98 Å². The fourth-order valence-corrected chi connectivity index (χ4v) is 2.05. The highest BCUT2D eigenvalue weighted by molar-refractivity contribution is 5.81. The lowest BCUT2D eigenvalue weighted by atomic mass is 10.1. The molecule has 8 nitrogen and oxygen atoms in total. The molecule has 0 bridgehead atoms. The summed E-state index contributed by atoms with van der Waals surface area (Å²) >= 11 is 0. The minimum absolute atomic E-state index is 0.171. The Morgan fingerprint density at radius 2 is 2.29 bits per heavy atom. The number of aryl methyl sites for hydroxylation is 1. The van der Waals surface area contributed by atoms with E-state index >= 15 is 0 Å². The Morgan fingerprint density at radius 3 is 2.95 bits per heavy atom. The second-order valence-corrected chi connectivity index (χ2v) is 4.66. The first kappa shape index (κ1) is 15.2. The van der Waals surface area contributed by atoms with Gasteiger partial charge >= 0.3 is 11.7 Å². The Labute approximate surface area is 120 Å². The number of likely N-dealkylation sites (N-methyl/N-ethyl adjacent to an activating group) is 1. The number of hydrogen-bond acceptors (Lipinski definition) is 6. The van der Waals surface area contributed by atoms with Crippen LogP contribution in [0.3, 0.4) is 0 Å². The van der Waals surface area contributed by atoms with Crippen molar-refractivity contribution in [2.24, 2.45) is 0 Å². The van der Waals surface area contributed by atoms with Crippen molar-refractivity contribution in [3.05, 3.63) is 38.2 Å². The standard InChI is InChI=1S/C13H17N3O5/c1-4-20-12(18)10-9(7-21-15(10)3)6-16-5-8(2)11(17)14-13(16)19/h5-6,10H,4,7H2,1-3H3,(H,14,17,19)/b9-6+. The van der Waals surface area contributed by atoms with Gasteiger partial charge in [0.25, 0.3) is 5.56 Å². The lowest BCUT2D eigenvalue weighted by molar-refractivity contribution is -0.163. The maximum absolute atomic E-state index is 11.9. The van der Waals surface area contributed by atoms with Crippen LogP contribution in [-0.2, 0) is 14.4 Å². The number of ether oxygens (including phenoxy) is 1. The molecule has 0 aliphatic carbocycles. The van der Waals surface area contributed by atoms with Gasteiger partial charge in [0.15, 0.2) is 6.04 Å². The van der Waals surface area contributed by atoms with Crippen molar-refractivity contribution >= 4 is 12.2 Å². The average molecular weight is 295 g/mol. The molecular weight excluding hydrogens is 278 g/mol. The van der Waals surface area contributed by atoms with Crippen LogP contribution in [0, 0.1) is 6.92 Å². The molecule has 21 heavy (non-hydrogen) atoms. The van der Waals surface area contributed by atoms with Crippen molar-refractivity contribution in [3.8, 4) is 0 Å². The minimum atomic E-state index is -0.705. The number of aromatic amines is 1. The quantitative estimate of drug-likeness (QED) is 0.755. The van der Waals surface area contributed by atoms with E-state index in [1.165, 1.54) is 22.0 Å². The highest BCUT2D eigenvalue weighted by Gasteiger charge is 2.35. The van der Waals surface area contributed by atoms with Crippen molar-refractivity contribution in [2.45, 2.75) is 19.9 Å². The molecular formula is C13H17N3O5. The second kappa shape index (κ2) is 6.06. The zero-order valence-corrected chi connectivity index (χ0v) is 12.1. The Morgan fingerprint density at radius 1 is 1.57 bits per heavy atom. The van der Waals surface area contributed by atoms with Gasteiger partial charge in [-0.25, -0.2) is 9.59 Å². The molecule has 0 saturated carbocycles. The number of nitrogens with one attached hydrogen (secondary N) is 1.